The first-order chi connectivity index (χ1) is 6.83. The molecule has 5 nitrogen and oxygen atoms in total. The Morgan fingerprint density at radius 3 is 2.73 bits per heavy atom. The third kappa shape index (κ3) is 2.86. The van der Waals surface area contributed by atoms with Crippen molar-refractivity contribution in [3.63, 3.8) is 0 Å². The number of nitrogens with zero attached hydrogens (tertiary/aromatic N) is 2. The summed E-state index contributed by atoms with van der Waals surface area (Å²) >= 11 is 0. The van der Waals surface area contributed by atoms with E-state index in [2.05, 4.69) is 9.84 Å². The van der Waals surface area contributed by atoms with Crippen LogP contribution in [0.2, 0.25) is 0 Å². The van der Waals surface area contributed by atoms with Crippen molar-refractivity contribution in [2.24, 2.45) is 0 Å². The molecule has 0 amide bonds. The van der Waals surface area contributed by atoms with Crippen LogP contribution in [-0.4, -0.2) is 29.0 Å². The number of nitrogens with two attached hydrogens (primary N) is 1. The van der Waals surface area contributed by atoms with Crippen molar-refractivity contribution in [2.75, 3.05) is 12.8 Å². The molecule has 0 spiro atoms. The molecule has 1 heterocycles. The molecule has 0 aliphatic carbocycles. The summed E-state index contributed by atoms with van der Waals surface area (Å²) in [5.41, 5.74) is 4.86. The van der Waals surface area contributed by atoms with Crippen LogP contribution in [-0.2, 0) is 11.3 Å². The third-order valence-electron chi connectivity index (χ3n) is 1.52. The van der Waals surface area contributed by atoms with Crippen molar-refractivity contribution >= 4 is 11.8 Å². The summed E-state index contributed by atoms with van der Waals surface area (Å²) in [5.74, 6) is -1.08. The van der Waals surface area contributed by atoms with Gasteiger partial charge in [-0.05, 0) is 0 Å². The Hall–Kier alpha value is -1.73. The van der Waals surface area contributed by atoms with Gasteiger partial charge in [-0.15, -0.1) is 0 Å². The second kappa shape index (κ2) is 3.79. The predicted octanol–water partition coefficient (Wildman–Crippen LogP) is 0.814. The number of ether oxygens (including phenoxy) is 1. The minimum Gasteiger partial charge on any atom is -0.464 e. The maximum Gasteiger partial charge on any atom is 0.408 e. The number of methoxy groups -OCH3 is 1. The van der Waals surface area contributed by atoms with E-state index >= 15 is 0 Å². The SMILES string of the molecule is COC(=O)c1cc(N)nn1CC(F)(F)F. The highest BCUT2D eigenvalue weighted by Gasteiger charge is 2.31. The molecule has 2 N–H and O–H groups in total. The number of hydrogen-bond donors (Lipinski definition) is 1. The second-order valence-electron chi connectivity index (χ2n) is 2.72. The lowest BCUT2D eigenvalue weighted by atomic mass is 10.4. The first-order valence-corrected chi connectivity index (χ1v) is 3.82. The van der Waals surface area contributed by atoms with Gasteiger partial charge in [0.25, 0.3) is 0 Å². The molecule has 0 bridgehead atoms. The molecule has 0 aliphatic rings. The molecule has 0 radical (unpaired) electrons. The van der Waals surface area contributed by atoms with Crippen molar-refractivity contribution in [3.05, 3.63) is 11.8 Å². The minimum absolute atomic E-state index is 0.167. The van der Waals surface area contributed by atoms with Crippen LogP contribution in [0, 0.1) is 0 Å². The number of anilines is 1. The summed E-state index contributed by atoms with van der Waals surface area (Å²) in [6, 6.07) is 1.03. The molecular weight excluding hydrogens is 215 g/mol. The van der Waals surface area contributed by atoms with Gasteiger partial charge in [0.2, 0.25) is 0 Å². The van der Waals surface area contributed by atoms with E-state index in [0.29, 0.717) is 4.68 Å². The van der Waals surface area contributed by atoms with E-state index in [-0.39, 0.29) is 11.5 Å². The van der Waals surface area contributed by atoms with Gasteiger partial charge in [-0.3, -0.25) is 0 Å². The lowest BCUT2D eigenvalue weighted by Crippen LogP contribution is -2.22. The fourth-order valence-corrected chi connectivity index (χ4v) is 0.996. The standard InChI is InChI=1S/C7H8F3N3O2/c1-15-6(14)4-2-5(11)12-13(4)3-7(8,9)10/h2H,3H2,1H3,(H2,11,12). The molecule has 8 heteroatoms. The first-order valence-electron chi connectivity index (χ1n) is 3.82. The second-order valence-corrected chi connectivity index (χ2v) is 2.72. The van der Waals surface area contributed by atoms with Crippen LogP contribution in [0.25, 0.3) is 0 Å². The summed E-state index contributed by atoms with van der Waals surface area (Å²) in [7, 11) is 1.06. The number of esters is 1. The van der Waals surface area contributed by atoms with E-state index in [9.17, 15) is 18.0 Å². The lowest BCUT2D eigenvalue weighted by Gasteiger charge is -2.08. The maximum atomic E-state index is 12.0. The number of alkyl halides is 3. The van der Waals surface area contributed by atoms with Gasteiger partial charge in [-0.2, -0.15) is 18.3 Å². The van der Waals surface area contributed by atoms with E-state index in [0.717, 1.165) is 13.2 Å². The number of hydrogen-bond acceptors (Lipinski definition) is 4. The van der Waals surface area contributed by atoms with Crippen LogP contribution >= 0.6 is 0 Å². The Bertz CT molecular complexity index is 372. The van der Waals surface area contributed by atoms with Crippen molar-refractivity contribution in [1.82, 2.24) is 9.78 Å². The fourth-order valence-electron chi connectivity index (χ4n) is 0.996. The van der Waals surface area contributed by atoms with Gasteiger partial charge >= 0.3 is 12.1 Å². The predicted molar refractivity (Wildman–Crippen MR) is 44.0 cm³/mol. The molecule has 0 aromatic carbocycles. The van der Waals surface area contributed by atoms with Gasteiger partial charge in [0, 0.05) is 6.07 Å². The van der Waals surface area contributed by atoms with Gasteiger partial charge in [-0.1, -0.05) is 0 Å². The van der Waals surface area contributed by atoms with Crippen LogP contribution < -0.4 is 5.73 Å². The molecule has 0 unspecified atom stereocenters. The van der Waals surface area contributed by atoms with Gasteiger partial charge in [-0.25, -0.2) is 9.48 Å². The van der Waals surface area contributed by atoms with Gasteiger partial charge in [0.05, 0.1) is 7.11 Å². The van der Waals surface area contributed by atoms with E-state index in [1.165, 1.54) is 0 Å². The summed E-state index contributed by atoms with van der Waals surface area (Å²) in [5, 5.41) is 3.34. The van der Waals surface area contributed by atoms with Crippen LogP contribution in [0.5, 0.6) is 0 Å². The largest absolute Gasteiger partial charge is 0.464 e. The fraction of sp³-hybridized carbons (Fsp3) is 0.429. The van der Waals surface area contributed by atoms with Gasteiger partial charge < -0.3 is 10.5 Å². The van der Waals surface area contributed by atoms with Crippen molar-refractivity contribution < 1.29 is 22.7 Å². The Morgan fingerprint density at radius 1 is 1.67 bits per heavy atom. The minimum atomic E-state index is -4.47. The van der Waals surface area contributed by atoms with Crippen molar-refractivity contribution in [2.45, 2.75) is 12.7 Å². The quantitative estimate of drug-likeness (QED) is 0.753. The number of rotatable bonds is 2. The summed E-state index contributed by atoms with van der Waals surface area (Å²) < 4.78 is 40.9. The summed E-state index contributed by atoms with van der Waals surface area (Å²) in [6.45, 7) is -1.38. The number of carbonyl (C=O) groups excluding carboxylic acids is 1. The zero-order valence-corrected chi connectivity index (χ0v) is 7.71. The zero-order chi connectivity index (χ0) is 11.6. The van der Waals surface area contributed by atoms with Crippen LogP contribution in [0.1, 0.15) is 10.5 Å². The highest BCUT2D eigenvalue weighted by molar-refractivity contribution is 5.88. The molecule has 0 saturated carbocycles. The average Bonchev–Trinajstić information content (AvgIpc) is 2.42. The van der Waals surface area contributed by atoms with Crippen molar-refractivity contribution in [3.8, 4) is 0 Å². The molecule has 0 saturated heterocycles. The van der Waals surface area contributed by atoms with E-state index < -0.39 is 18.7 Å². The smallest absolute Gasteiger partial charge is 0.408 e. The third-order valence-corrected chi connectivity index (χ3v) is 1.52. The Kier molecular flexibility index (Phi) is 2.87. The first kappa shape index (κ1) is 11.3. The maximum absolute atomic E-state index is 12.0. The molecule has 1 rings (SSSR count). The zero-order valence-electron chi connectivity index (χ0n) is 7.71. The van der Waals surface area contributed by atoms with Gasteiger partial charge in [0.15, 0.2) is 0 Å². The topological polar surface area (TPSA) is 70.1 Å². The van der Waals surface area contributed by atoms with Crippen LogP contribution in [0.4, 0.5) is 19.0 Å². The molecule has 0 aliphatic heterocycles. The van der Waals surface area contributed by atoms with Crippen LogP contribution in [0.15, 0.2) is 6.07 Å². The molecule has 84 valence electrons. The summed E-state index contributed by atoms with van der Waals surface area (Å²) in [6.07, 6.45) is -4.47. The molecule has 0 fully saturated rings. The number of halogens is 3. The highest BCUT2D eigenvalue weighted by Crippen LogP contribution is 2.19. The molecular formula is C7H8F3N3O2. The Balaban J connectivity index is 3.01. The number of aromatic nitrogens is 2. The molecule has 1 aromatic rings. The molecule has 0 atom stereocenters. The Morgan fingerprint density at radius 2 is 2.27 bits per heavy atom. The van der Waals surface area contributed by atoms with E-state index in [4.69, 9.17) is 5.73 Å². The number of nitrogen functional groups attached to an aromatic ring is 1. The van der Waals surface area contributed by atoms with Gasteiger partial charge in [0.1, 0.15) is 18.1 Å². The molecule has 15 heavy (non-hydrogen) atoms. The number of carbonyl (C=O) groups is 1. The normalized spacial score (nSPS) is 11.5. The Labute approximate surface area is 82.6 Å². The van der Waals surface area contributed by atoms with Crippen molar-refractivity contribution in [1.29, 1.82) is 0 Å². The monoisotopic (exact) mass is 223 g/mol. The van der Waals surface area contributed by atoms with E-state index in [1.807, 2.05) is 0 Å². The van der Waals surface area contributed by atoms with E-state index in [1.54, 1.807) is 0 Å². The highest BCUT2D eigenvalue weighted by atomic mass is 19.4. The molecule has 1 aromatic heterocycles. The van der Waals surface area contributed by atoms with Crippen LogP contribution in [0.3, 0.4) is 0 Å². The average molecular weight is 223 g/mol. The summed E-state index contributed by atoms with van der Waals surface area (Å²) in [4.78, 5) is 11.0. The lowest BCUT2D eigenvalue weighted by molar-refractivity contribution is -0.142.